The van der Waals surface area contributed by atoms with E-state index in [1.165, 1.54) is 17.2 Å². The van der Waals surface area contributed by atoms with Gasteiger partial charge in [-0.25, -0.2) is 13.8 Å². The molecule has 3 aromatic rings. The van der Waals surface area contributed by atoms with E-state index < -0.39 is 17.2 Å². The first kappa shape index (κ1) is 17.4. The minimum atomic E-state index is -0.729. The molecule has 1 aliphatic rings. The lowest BCUT2D eigenvalue weighted by molar-refractivity contribution is 0.0727. The highest BCUT2D eigenvalue weighted by molar-refractivity contribution is 6.30. The van der Waals surface area contributed by atoms with Gasteiger partial charge in [0, 0.05) is 30.8 Å². The van der Waals surface area contributed by atoms with Gasteiger partial charge in [0.05, 0.1) is 12.1 Å². The monoisotopic (exact) mass is 391 g/mol. The minimum absolute atomic E-state index is 0.0737. The van der Waals surface area contributed by atoms with Crippen LogP contribution in [0.25, 0.3) is 11.5 Å². The summed E-state index contributed by atoms with van der Waals surface area (Å²) in [4.78, 5) is 32.2. The van der Waals surface area contributed by atoms with Crippen LogP contribution in [0.5, 0.6) is 0 Å². The average molecular weight is 392 g/mol. The standard InChI is InChI=1S/C18H12ClF2N3O3/c19-13-5-10(7-22-16(13)25)18(26)24-2-1-15-14(8-24)23-17(27-15)9-3-11(20)6-12(21)4-9/h3-7H,1-2,8H2,(H,22,25). The van der Waals surface area contributed by atoms with Gasteiger partial charge in [-0.1, -0.05) is 11.6 Å². The lowest BCUT2D eigenvalue weighted by Crippen LogP contribution is -2.36. The molecule has 27 heavy (non-hydrogen) atoms. The summed E-state index contributed by atoms with van der Waals surface area (Å²) >= 11 is 5.77. The van der Waals surface area contributed by atoms with Crippen LogP contribution >= 0.6 is 11.6 Å². The summed E-state index contributed by atoms with van der Waals surface area (Å²) in [6.45, 7) is 0.543. The Morgan fingerprint density at radius 3 is 2.67 bits per heavy atom. The molecule has 0 saturated heterocycles. The van der Waals surface area contributed by atoms with Crippen LogP contribution in [0.2, 0.25) is 5.02 Å². The van der Waals surface area contributed by atoms with Crippen LogP contribution in [0.1, 0.15) is 21.8 Å². The predicted molar refractivity (Wildman–Crippen MR) is 92.4 cm³/mol. The van der Waals surface area contributed by atoms with E-state index >= 15 is 0 Å². The number of aromatic nitrogens is 2. The highest BCUT2D eigenvalue weighted by Gasteiger charge is 2.27. The molecular weight excluding hydrogens is 380 g/mol. The summed E-state index contributed by atoms with van der Waals surface area (Å²) in [5.74, 6) is -1.11. The summed E-state index contributed by atoms with van der Waals surface area (Å²) < 4.78 is 32.5. The molecule has 3 heterocycles. The van der Waals surface area contributed by atoms with Crippen molar-refractivity contribution < 1.29 is 18.0 Å². The van der Waals surface area contributed by atoms with Gasteiger partial charge in [-0.05, 0) is 18.2 Å². The first-order chi connectivity index (χ1) is 12.9. The highest BCUT2D eigenvalue weighted by Crippen LogP contribution is 2.28. The Hall–Kier alpha value is -3.00. The molecule has 9 heteroatoms. The minimum Gasteiger partial charge on any atom is -0.441 e. The van der Waals surface area contributed by atoms with Crippen molar-refractivity contribution >= 4 is 17.5 Å². The number of nitrogens with one attached hydrogen (secondary N) is 1. The number of pyridine rings is 1. The number of nitrogens with zero attached hydrogens (tertiary/aromatic N) is 2. The molecule has 0 atom stereocenters. The van der Waals surface area contributed by atoms with Crippen molar-refractivity contribution in [2.45, 2.75) is 13.0 Å². The molecule has 2 aromatic heterocycles. The second-order valence-electron chi connectivity index (χ2n) is 6.09. The third kappa shape index (κ3) is 3.35. The Bertz CT molecular complexity index is 1090. The van der Waals surface area contributed by atoms with Gasteiger partial charge < -0.3 is 14.3 Å². The van der Waals surface area contributed by atoms with Crippen LogP contribution in [0.15, 0.2) is 39.7 Å². The number of hydrogen-bond donors (Lipinski definition) is 1. The normalized spacial score (nSPS) is 13.5. The zero-order valence-corrected chi connectivity index (χ0v) is 14.5. The van der Waals surface area contributed by atoms with E-state index in [0.717, 1.165) is 18.2 Å². The molecule has 0 unspecified atom stereocenters. The van der Waals surface area contributed by atoms with Crippen molar-refractivity contribution in [3.05, 3.63) is 74.5 Å². The topological polar surface area (TPSA) is 79.2 Å². The third-order valence-electron chi connectivity index (χ3n) is 4.23. The first-order valence-electron chi connectivity index (χ1n) is 8.03. The Morgan fingerprint density at radius 2 is 1.96 bits per heavy atom. The largest absolute Gasteiger partial charge is 0.441 e. The number of benzene rings is 1. The first-order valence-corrected chi connectivity index (χ1v) is 8.41. The van der Waals surface area contributed by atoms with Crippen molar-refractivity contribution in [3.63, 3.8) is 0 Å². The Labute approximate surface area is 156 Å². The van der Waals surface area contributed by atoms with Crippen molar-refractivity contribution in [1.29, 1.82) is 0 Å². The molecular formula is C18H12ClF2N3O3. The fourth-order valence-electron chi connectivity index (χ4n) is 2.93. The van der Waals surface area contributed by atoms with Crippen molar-refractivity contribution in [1.82, 2.24) is 14.9 Å². The number of carbonyl (C=O) groups excluding carboxylic acids is 1. The van der Waals surface area contributed by atoms with E-state index in [2.05, 4.69) is 9.97 Å². The maximum atomic E-state index is 13.4. The second-order valence-corrected chi connectivity index (χ2v) is 6.50. The van der Waals surface area contributed by atoms with Gasteiger partial charge in [-0.15, -0.1) is 0 Å². The summed E-state index contributed by atoms with van der Waals surface area (Å²) in [5, 5.41) is -0.0737. The molecule has 0 fully saturated rings. The van der Waals surface area contributed by atoms with Crippen LogP contribution in [-0.2, 0) is 13.0 Å². The molecule has 0 radical (unpaired) electrons. The molecule has 0 bridgehead atoms. The van der Waals surface area contributed by atoms with Gasteiger partial charge >= 0.3 is 0 Å². The van der Waals surface area contributed by atoms with Crippen LogP contribution in [0.3, 0.4) is 0 Å². The number of carbonyl (C=O) groups is 1. The molecule has 1 aliphatic heterocycles. The number of H-pyrrole nitrogens is 1. The lowest BCUT2D eigenvalue weighted by atomic mass is 10.1. The van der Waals surface area contributed by atoms with Gasteiger partial charge in [0.15, 0.2) is 0 Å². The molecule has 6 nitrogen and oxygen atoms in total. The van der Waals surface area contributed by atoms with Gasteiger partial charge in [0.25, 0.3) is 11.5 Å². The van der Waals surface area contributed by atoms with Crippen LogP contribution in [-0.4, -0.2) is 27.3 Å². The number of aromatic amines is 1. The maximum absolute atomic E-state index is 13.4. The van der Waals surface area contributed by atoms with Crippen molar-refractivity contribution in [2.24, 2.45) is 0 Å². The maximum Gasteiger partial charge on any atom is 0.266 e. The third-order valence-corrected chi connectivity index (χ3v) is 4.51. The molecule has 0 aliphatic carbocycles. The van der Waals surface area contributed by atoms with Gasteiger partial charge in [-0.2, -0.15) is 0 Å². The molecule has 138 valence electrons. The highest BCUT2D eigenvalue weighted by atomic mass is 35.5. The Balaban J connectivity index is 1.60. The zero-order valence-electron chi connectivity index (χ0n) is 13.8. The van der Waals surface area contributed by atoms with E-state index in [9.17, 15) is 18.4 Å². The van der Waals surface area contributed by atoms with E-state index in [1.807, 2.05) is 0 Å². The Morgan fingerprint density at radius 1 is 1.22 bits per heavy atom. The summed E-state index contributed by atoms with van der Waals surface area (Å²) in [7, 11) is 0. The number of rotatable bonds is 2. The molecule has 4 rings (SSSR count). The number of amides is 1. The van der Waals surface area contributed by atoms with Crippen molar-refractivity contribution in [3.8, 4) is 11.5 Å². The van der Waals surface area contributed by atoms with E-state index in [0.29, 0.717) is 24.4 Å². The second kappa shape index (κ2) is 6.62. The number of halogens is 3. The van der Waals surface area contributed by atoms with E-state index in [1.54, 1.807) is 0 Å². The smallest absolute Gasteiger partial charge is 0.266 e. The van der Waals surface area contributed by atoms with Gasteiger partial charge in [-0.3, -0.25) is 9.59 Å². The molecule has 0 spiro atoms. The van der Waals surface area contributed by atoms with E-state index in [4.69, 9.17) is 16.0 Å². The predicted octanol–water partition coefficient (Wildman–Crippen LogP) is 3.16. The average Bonchev–Trinajstić information content (AvgIpc) is 3.06. The van der Waals surface area contributed by atoms with Crippen molar-refractivity contribution in [2.75, 3.05) is 6.54 Å². The van der Waals surface area contributed by atoms with E-state index in [-0.39, 0.29) is 34.5 Å². The number of oxazole rings is 1. The summed E-state index contributed by atoms with van der Waals surface area (Å²) in [5.41, 5.74) is 0.480. The summed E-state index contributed by atoms with van der Waals surface area (Å²) in [6, 6.07) is 4.33. The molecule has 1 amide bonds. The fourth-order valence-corrected chi connectivity index (χ4v) is 3.11. The quantitative estimate of drug-likeness (QED) is 0.727. The molecule has 1 aromatic carbocycles. The number of fused-ring (bicyclic) bond motifs is 1. The van der Waals surface area contributed by atoms with Crippen LogP contribution in [0, 0.1) is 11.6 Å². The van der Waals surface area contributed by atoms with Gasteiger partial charge in [0.1, 0.15) is 28.1 Å². The SMILES string of the molecule is O=C(c1c[nH]c(=O)c(Cl)c1)N1CCc2oc(-c3cc(F)cc(F)c3)nc2C1. The van der Waals surface area contributed by atoms with Gasteiger partial charge in [0.2, 0.25) is 5.89 Å². The zero-order chi connectivity index (χ0) is 19.1. The number of hydrogen-bond acceptors (Lipinski definition) is 4. The summed E-state index contributed by atoms with van der Waals surface area (Å²) in [6.07, 6.45) is 1.71. The molecule has 0 saturated carbocycles. The lowest BCUT2D eigenvalue weighted by Gasteiger charge is -2.25. The van der Waals surface area contributed by atoms with Crippen LogP contribution in [0.4, 0.5) is 8.78 Å². The molecule has 1 N–H and O–H groups in total. The fraction of sp³-hybridized carbons (Fsp3) is 0.167. The Kier molecular flexibility index (Phi) is 4.27. The van der Waals surface area contributed by atoms with Crippen LogP contribution < -0.4 is 5.56 Å².